The third-order valence-electron chi connectivity index (χ3n) is 11.0. The highest BCUT2D eigenvalue weighted by Crippen LogP contribution is 2.43. The number of carbonyl (C=O) groups excluding carboxylic acids is 3. The molecule has 0 heterocycles. The normalized spacial score (nSPS) is 14.2. The van der Waals surface area contributed by atoms with Crippen molar-refractivity contribution in [1.29, 1.82) is 0 Å². The van der Waals surface area contributed by atoms with Gasteiger partial charge in [0.2, 0.25) is 0 Å². The molecular weight excluding hydrogens is 904 g/mol. The quantitative estimate of drug-likeness (QED) is 0.0197. The Hall–Kier alpha value is -3.60. The van der Waals surface area contributed by atoms with Gasteiger partial charge in [0.25, 0.3) is 0 Å². The Morgan fingerprint density at radius 1 is 0.429 bits per heavy atom. The van der Waals surface area contributed by atoms with Crippen molar-refractivity contribution in [3.8, 4) is 0 Å². The number of carbonyl (C=O) groups is 3. The van der Waals surface area contributed by atoms with Crippen LogP contribution in [0.15, 0.2) is 97.2 Å². The van der Waals surface area contributed by atoms with Gasteiger partial charge in [-0.15, -0.1) is 0 Å². The Balaban J connectivity index is 4.88. The van der Waals surface area contributed by atoms with Gasteiger partial charge in [-0.3, -0.25) is 23.4 Å². The fraction of sp³-hybridized carbons (Fsp3) is 0.672. The molecule has 0 amide bonds. The van der Waals surface area contributed by atoms with E-state index in [0.717, 1.165) is 109 Å². The third kappa shape index (κ3) is 49.4. The first-order chi connectivity index (χ1) is 34.2. The molecule has 70 heavy (non-hydrogen) atoms. The molecule has 11 nitrogen and oxygen atoms in total. The van der Waals surface area contributed by atoms with E-state index in [1.54, 1.807) is 6.08 Å². The van der Waals surface area contributed by atoms with Crippen LogP contribution in [0.5, 0.6) is 0 Å². The molecule has 0 rings (SSSR count). The number of hydrogen-bond donors (Lipinski definition) is 2. The van der Waals surface area contributed by atoms with Crippen LogP contribution in [0.1, 0.15) is 213 Å². The number of phosphoric acid groups is 1. The summed E-state index contributed by atoms with van der Waals surface area (Å²) in [7, 11) is -4.77. The van der Waals surface area contributed by atoms with Crippen LogP contribution in [-0.4, -0.2) is 66.5 Å². The summed E-state index contributed by atoms with van der Waals surface area (Å²) in [6, 6.07) is 0. The van der Waals surface area contributed by atoms with Crippen LogP contribution in [0.3, 0.4) is 0 Å². The molecule has 0 aliphatic heterocycles. The van der Waals surface area contributed by atoms with Crippen molar-refractivity contribution in [3.05, 3.63) is 97.2 Å². The van der Waals surface area contributed by atoms with E-state index in [0.29, 0.717) is 19.3 Å². The average molecular weight is 1000 g/mol. The Kier molecular flexibility index (Phi) is 49.1. The summed E-state index contributed by atoms with van der Waals surface area (Å²) in [5.41, 5.74) is 0. The molecule has 0 bridgehead atoms. The second kappa shape index (κ2) is 51.7. The average Bonchev–Trinajstić information content (AvgIpc) is 3.35. The van der Waals surface area contributed by atoms with Crippen molar-refractivity contribution in [1.82, 2.24) is 0 Å². The second-order valence-electron chi connectivity index (χ2n) is 17.7. The van der Waals surface area contributed by atoms with E-state index in [4.69, 9.17) is 23.3 Å². The van der Waals surface area contributed by atoms with Crippen LogP contribution in [0.2, 0.25) is 0 Å². The highest BCUT2D eigenvalue weighted by atomic mass is 31.2. The van der Waals surface area contributed by atoms with E-state index in [2.05, 4.69) is 99.8 Å². The predicted octanol–water partition coefficient (Wildman–Crippen LogP) is 15.7. The van der Waals surface area contributed by atoms with Crippen molar-refractivity contribution < 1.29 is 52.2 Å². The highest BCUT2D eigenvalue weighted by Gasteiger charge is 2.28. The molecule has 3 atom stereocenters. The zero-order chi connectivity index (χ0) is 51.3. The van der Waals surface area contributed by atoms with E-state index in [9.17, 15) is 28.9 Å². The molecule has 3 unspecified atom stereocenters. The molecule has 0 aliphatic rings. The zero-order valence-corrected chi connectivity index (χ0v) is 44.8. The van der Waals surface area contributed by atoms with Crippen molar-refractivity contribution in [2.45, 2.75) is 226 Å². The topological polar surface area (TPSA) is 155 Å². The van der Waals surface area contributed by atoms with Crippen LogP contribution < -0.4 is 0 Å². The van der Waals surface area contributed by atoms with Gasteiger partial charge >= 0.3 is 25.7 Å². The summed E-state index contributed by atoms with van der Waals surface area (Å²) in [6.45, 7) is 4.33. The lowest BCUT2D eigenvalue weighted by Gasteiger charge is -2.21. The maximum Gasteiger partial charge on any atom is 0.472 e. The molecule has 0 saturated heterocycles. The molecule has 0 aromatic carbocycles. The molecule has 2 N–H and O–H groups in total. The van der Waals surface area contributed by atoms with E-state index in [-0.39, 0.29) is 19.3 Å². The van der Waals surface area contributed by atoms with Gasteiger partial charge in [-0.05, 0) is 103 Å². The Bertz CT molecular complexity index is 1540. The minimum Gasteiger partial charge on any atom is -0.461 e. The summed E-state index contributed by atoms with van der Waals surface area (Å²) in [5, 5.41) is 9.78. The summed E-state index contributed by atoms with van der Waals surface area (Å²) >= 11 is 0. The number of allylic oxidation sites excluding steroid dienone is 15. The van der Waals surface area contributed by atoms with E-state index in [1.165, 1.54) is 44.9 Å². The number of hydrogen-bond acceptors (Lipinski definition) is 10. The number of aliphatic hydroxyl groups is 1. The van der Waals surface area contributed by atoms with Gasteiger partial charge in [0.15, 0.2) is 6.10 Å². The van der Waals surface area contributed by atoms with Gasteiger partial charge in [0, 0.05) is 12.8 Å². The molecule has 0 aliphatic carbocycles. The number of unbranched alkanes of at least 4 members (excludes halogenated alkanes) is 17. The molecular formula is C58H97O11P. The van der Waals surface area contributed by atoms with Gasteiger partial charge in [-0.1, -0.05) is 189 Å². The minimum absolute atomic E-state index is 0.0128. The number of esters is 3. The first kappa shape index (κ1) is 66.4. The number of rotatable bonds is 49. The Morgan fingerprint density at radius 3 is 1.26 bits per heavy atom. The summed E-state index contributed by atoms with van der Waals surface area (Å²) < 4.78 is 39.3. The van der Waals surface area contributed by atoms with E-state index < -0.39 is 64.4 Å². The predicted molar refractivity (Wildman–Crippen MR) is 288 cm³/mol. The van der Waals surface area contributed by atoms with Crippen molar-refractivity contribution in [2.24, 2.45) is 0 Å². The van der Waals surface area contributed by atoms with Crippen molar-refractivity contribution >= 4 is 25.7 Å². The fourth-order valence-electron chi connectivity index (χ4n) is 6.86. The van der Waals surface area contributed by atoms with Crippen LogP contribution >= 0.6 is 7.82 Å². The second-order valence-corrected chi connectivity index (χ2v) is 19.1. The lowest BCUT2D eigenvalue weighted by Crippen LogP contribution is -2.30. The molecule has 0 aromatic rings. The van der Waals surface area contributed by atoms with Gasteiger partial charge < -0.3 is 24.2 Å². The molecule has 0 saturated carbocycles. The summed E-state index contributed by atoms with van der Waals surface area (Å²) in [4.78, 5) is 48.3. The van der Waals surface area contributed by atoms with Crippen molar-refractivity contribution in [3.63, 3.8) is 0 Å². The Labute approximate surface area is 425 Å². The highest BCUT2D eigenvalue weighted by molar-refractivity contribution is 7.47. The van der Waals surface area contributed by atoms with Crippen LogP contribution in [0, 0.1) is 0 Å². The van der Waals surface area contributed by atoms with Crippen LogP contribution in [0.4, 0.5) is 0 Å². The number of phosphoric ester groups is 1. The zero-order valence-electron chi connectivity index (χ0n) is 43.9. The molecule has 0 radical (unpaired) electrons. The van der Waals surface area contributed by atoms with E-state index in [1.807, 2.05) is 12.2 Å². The maximum absolute atomic E-state index is 12.9. The summed E-state index contributed by atoms with van der Waals surface area (Å²) in [6.07, 6.45) is 59.7. The fourth-order valence-corrected chi connectivity index (χ4v) is 7.65. The molecule has 0 spiro atoms. The van der Waals surface area contributed by atoms with Gasteiger partial charge in [0.05, 0.1) is 26.2 Å². The molecule has 0 fully saturated rings. The Morgan fingerprint density at radius 2 is 0.786 bits per heavy atom. The first-order valence-electron chi connectivity index (χ1n) is 27.1. The third-order valence-corrected chi connectivity index (χ3v) is 11.9. The lowest BCUT2D eigenvalue weighted by molar-refractivity contribution is -0.161. The standard InChI is InChI=1S/C58H97O11P/c1-4-7-10-13-16-19-22-25-27-30-32-35-38-41-44-47-56(60)65-51-55(69-58(62)49-46-43-40-37-34-31-28-26-23-20-17-14-11-8-5-2)53-67-70(63,64)66-52-54(50-59)68-57(61)48-45-42-39-36-33-29-24-21-18-15-12-9-6-3/h7,10,16-17,19-21,24-28,32,35,41,44,54-55,59H,4-6,8-9,11-15,18,22-23,29-31,33-34,36-40,42-43,45-53H2,1-3H3,(H,63,64)/b10-7-,19-16-,20-17-,24-21-,27-25-,28-26-,35-32-,44-41-. The molecule has 12 heteroatoms. The van der Waals surface area contributed by atoms with Gasteiger partial charge in [-0.2, -0.15) is 0 Å². The molecule has 0 aromatic heterocycles. The SMILES string of the molecule is CC/C=C\C/C=C\C/C=C\C/C=C\C/C=C\CC(=O)OCC(COP(=O)(O)OCC(CO)OC(=O)CCCCCCC/C=C\CCCCCC)OC(=O)CCCCCCC/C=C\C/C=C\CCCCC. The monoisotopic (exact) mass is 1000 g/mol. The first-order valence-corrected chi connectivity index (χ1v) is 28.6. The number of ether oxygens (including phenoxy) is 3. The van der Waals surface area contributed by atoms with E-state index >= 15 is 0 Å². The minimum atomic E-state index is -4.77. The van der Waals surface area contributed by atoms with Crippen LogP contribution in [-0.2, 0) is 42.2 Å². The smallest absolute Gasteiger partial charge is 0.461 e. The van der Waals surface area contributed by atoms with Gasteiger partial charge in [-0.25, -0.2) is 4.57 Å². The van der Waals surface area contributed by atoms with Crippen molar-refractivity contribution in [2.75, 3.05) is 26.4 Å². The largest absolute Gasteiger partial charge is 0.472 e. The van der Waals surface area contributed by atoms with Gasteiger partial charge in [0.1, 0.15) is 12.7 Å². The van der Waals surface area contributed by atoms with Crippen LogP contribution in [0.25, 0.3) is 0 Å². The molecule has 400 valence electrons. The number of aliphatic hydroxyl groups excluding tert-OH is 1. The maximum atomic E-state index is 12.9. The summed E-state index contributed by atoms with van der Waals surface area (Å²) in [5.74, 6) is -1.65. The lowest BCUT2D eigenvalue weighted by atomic mass is 10.1.